The van der Waals surface area contributed by atoms with E-state index in [-0.39, 0.29) is 23.7 Å². The summed E-state index contributed by atoms with van der Waals surface area (Å²) in [7, 11) is 2.86. The van der Waals surface area contributed by atoms with E-state index in [1.807, 2.05) is 56.0 Å². The van der Waals surface area contributed by atoms with Crippen LogP contribution in [-0.2, 0) is 30.1 Å². The van der Waals surface area contributed by atoms with Gasteiger partial charge in [0.15, 0.2) is 5.88 Å². The van der Waals surface area contributed by atoms with E-state index >= 15 is 0 Å². The first-order valence-electron chi connectivity index (χ1n) is 21.9. The molecule has 0 radical (unpaired) electrons. The number of aromatic amines is 2. The van der Waals surface area contributed by atoms with Crippen molar-refractivity contribution in [2.45, 2.75) is 89.4 Å². The molecule has 62 heavy (non-hydrogen) atoms. The van der Waals surface area contributed by atoms with Gasteiger partial charge in [-0.25, -0.2) is 14.8 Å². The van der Waals surface area contributed by atoms with Crippen LogP contribution < -0.4 is 10.6 Å². The molecule has 5 aromatic rings. The highest BCUT2D eigenvalue weighted by Gasteiger charge is 2.58. The number of nitrogens with zero attached hydrogens (tertiary/aromatic N) is 5. The Morgan fingerprint density at radius 1 is 0.742 bits per heavy atom. The molecule has 9 rings (SSSR count). The normalized spacial score (nSPS) is 23.6. The molecule has 4 aliphatic rings. The number of hydrogen-bond acceptors (Lipinski definition) is 9. The molecule has 2 aliphatic heterocycles. The second-order valence-electron chi connectivity index (χ2n) is 18.4. The number of nitrogens with one attached hydrogen (secondary N) is 4. The van der Waals surface area contributed by atoms with Gasteiger partial charge in [-0.3, -0.25) is 14.6 Å². The topological polar surface area (TPSA) is 170 Å². The Hall–Kier alpha value is -6.18. The zero-order chi connectivity index (χ0) is 43.5. The molecule has 4 N–H and O–H groups in total. The van der Waals surface area contributed by atoms with Crippen molar-refractivity contribution in [2.75, 3.05) is 27.3 Å². The monoisotopic (exact) mass is 839 g/mol. The molecule has 14 nitrogen and oxygen atoms in total. The van der Waals surface area contributed by atoms with E-state index in [0.29, 0.717) is 30.8 Å². The zero-order valence-corrected chi connectivity index (χ0v) is 36.5. The number of H-pyrrole nitrogens is 2. The van der Waals surface area contributed by atoms with Gasteiger partial charge in [-0.05, 0) is 92.0 Å². The van der Waals surface area contributed by atoms with Crippen LogP contribution in [0.3, 0.4) is 0 Å². The van der Waals surface area contributed by atoms with E-state index in [0.717, 1.165) is 94.7 Å². The third kappa shape index (κ3) is 6.87. The van der Waals surface area contributed by atoms with Crippen molar-refractivity contribution in [3.05, 3.63) is 91.2 Å². The maximum atomic E-state index is 14.1. The van der Waals surface area contributed by atoms with Gasteiger partial charge in [-0.15, -0.1) is 0 Å². The number of likely N-dealkylation sites (tertiary alicyclic amines) is 2. The molecular weight excluding hydrogens is 783 g/mol. The molecule has 5 heterocycles. The lowest BCUT2D eigenvalue weighted by atomic mass is 9.93. The fourth-order valence-electron chi connectivity index (χ4n) is 10.8. The lowest BCUT2D eigenvalue weighted by Gasteiger charge is -2.40. The standard InChI is InChI=1S/C48H57N9O5/c1-27(2)39(52-29(5)61-6)42(58)56-25-30-16-18-47(56,21-30)44-50-23-37(53-44)33-12-10-32(11-13-33)34-14-15-36(41-35(34)9-8-20-49-41)38-24-51-45(54-38)48-19-17-31(22-48)26-57(48)43(59)40(28(3)4)55-46(60)62-7/h8-15,20,23-24,27-28,30-31,39-40,52H,5,16-19,21-22,25-26H2,1-4,6-7H3,(H,50,53)(H,51,54)(H,55,60)/t30-,31-,39+,40+,47+,48+/m1/s1. The van der Waals surface area contributed by atoms with Crippen LogP contribution in [0.5, 0.6) is 0 Å². The van der Waals surface area contributed by atoms with E-state index in [4.69, 9.17) is 24.4 Å². The average Bonchev–Trinajstić information content (AvgIpc) is 4.16. The Bertz CT molecular complexity index is 2530. The van der Waals surface area contributed by atoms with Gasteiger partial charge in [-0.1, -0.05) is 64.1 Å². The number of amides is 3. The lowest BCUT2D eigenvalue weighted by molar-refractivity contribution is -0.141. The minimum Gasteiger partial charge on any atom is -0.483 e. The predicted octanol–water partition coefficient (Wildman–Crippen LogP) is 7.47. The second kappa shape index (κ2) is 15.9. The maximum Gasteiger partial charge on any atom is 0.407 e. The van der Waals surface area contributed by atoms with Crippen LogP contribution in [0, 0.1) is 23.7 Å². The van der Waals surface area contributed by atoms with E-state index < -0.39 is 29.3 Å². The van der Waals surface area contributed by atoms with Crippen molar-refractivity contribution in [1.29, 1.82) is 0 Å². The number of carbonyl (C=O) groups excluding carboxylic acids is 3. The first kappa shape index (κ1) is 41.2. The zero-order valence-electron chi connectivity index (χ0n) is 36.5. The number of imidazole rings is 2. The maximum absolute atomic E-state index is 14.1. The van der Waals surface area contributed by atoms with Gasteiger partial charge in [0.25, 0.3) is 0 Å². The van der Waals surface area contributed by atoms with Crippen molar-refractivity contribution in [3.8, 4) is 33.6 Å². The van der Waals surface area contributed by atoms with Crippen LogP contribution in [-0.4, -0.2) is 92.0 Å². The number of aromatic nitrogens is 5. The number of benzene rings is 2. The summed E-state index contributed by atoms with van der Waals surface area (Å²) in [5.74, 6) is 2.66. The van der Waals surface area contributed by atoms with Crippen LogP contribution in [0.1, 0.15) is 77.9 Å². The van der Waals surface area contributed by atoms with Gasteiger partial charge in [-0.2, -0.15) is 0 Å². The van der Waals surface area contributed by atoms with Crippen LogP contribution >= 0.6 is 0 Å². The molecule has 2 saturated heterocycles. The van der Waals surface area contributed by atoms with Gasteiger partial charge < -0.3 is 39.9 Å². The van der Waals surface area contributed by atoms with Crippen LogP contribution in [0.25, 0.3) is 44.5 Å². The molecular formula is C48H57N9O5. The van der Waals surface area contributed by atoms with E-state index in [9.17, 15) is 14.4 Å². The van der Waals surface area contributed by atoms with Gasteiger partial charge in [0.2, 0.25) is 11.8 Å². The minimum atomic E-state index is -0.705. The van der Waals surface area contributed by atoms with Crippen molar-refractivity contribution in [2.24, 2.45) is 23.7 Å². The summed E-state index contributed by atoms with van der Waals surface area (Å²) in [4.78, 5) is 66.6. The fraction of sp³-hybridized carbons (Fsp3) is 0.458. The predicted molar refractivity (Wildman–Crippen MR) is 236 cm³/mol. The summed E-state index contributed by atoms with van der Waals surface area (Å²) < 4.78 is 10.1. The average molecular weight is 840 g/mol. The summed E-state index contributed by atoms with van der Waals surface area (Å²) in [6, 6.07) is 15.5. The van der Waals surface area contributed by atoms with Crippen LogP contribution in [0.2, 0.25) is 0 Å². The highest BCUT2D eigenvalue weighted by molar-refractivity contribution is 6.02. The summed E-state index contributed by atoms with van der Waals surface area (Å²) in [6.07, 6.45) is 10.5. The highest BCUT2D eigenvalue weighted by atomic mass is 16.5. The molecule has 0 unspecified atom stereocenters. The molecule has 2 saturated carbocycles. The van der Waals surface area contributed by atoms with Crippen molar-refractivity contribution >= 4 is 28.8 Å². The summed E-state index contributed by atoms with van der Waals surface area (Å²) >= 11 is 0. The smallest absolute Gasteiger partial charge is 0.407 e. The van der Waals surface area contributed by atoms with Crippen molar-refractivity contribution < 1.29 is 23.9 Å². The summed E-state index contributed by atoms with van der Waals surface area (Å²) in [5.41, 5.74) is 5.34. The molecule has 2 aromatic carbocycles. The highest BCUT2D eigenvalue weighted by Crippen LogP contribution is 2.54. The van der Waals surface area contributed by atoms with Gasteiger partial charge in [0.1, 0.15) is 34.8 Å². The first-order valence-corrected chi connectivity index (χ1v) is 21.9. The SMILES string of the molecule is C=C(N[C@H](C(=O)N1C[C@@H]2CC[C@@]1(c1nc(-c3ccc(-c4ccc(-c5c[nH]c([C@@]67CC[C@@H](CN6C(=O)[C@@H](NC(=O)OC)C(C)C)C7)n5)c5ncccc45)cc3)c[nH]1)C2)C(C)C)OC. The number of fused-ring (bicyclic) bond motifs is 5. The lowest BCUT2D eigenvalue weighted by Crippen LogP contribution is -2.56. The van der Waals surface area contributed by atoms with Gasteiger partial charge in [0, 0.05) is 48.2 Å². The quantitative estimate of drug-likeness (QED) is 0.0879. The third-order valence-corrected chi connectivity index (χ3v) is 14.1. The van der Waals surface area contributed by atoms with Gasteiger partial charge >= 0.3 is 6.09 Å². The molecule has 14 heteroatoms. The van der Waals surface area contributed by atoms with Gasteiger partial charge in [0.05, 0.1) is 31.1 Å². The Labute approximate surface area is 362 Å². The molecule has 3 amide bonds. The third-order valence-electron chi connectivity index (χ3n) is 14.1. The number of hydrogen-bond donors (Lipinski definition) is 4. The Kier molecular flexibility index (Phi) is 10.6. The number of rotatable bonds is 13. The van der Waals surface area contributed by atoms with E-state index in [2.05, 4.69) is 69.6 Å². The number of alkyl carbamates (subject to hydrolysis) is 1. The second-order valence-corrected chi connectivity index (χ2v) is 18.4. The molecule has 6 atom stereocenters. The fourth-order valence-corrected chi connectivity index (χ4v) is 10.8. The number of piperidine rings is 2. The molecule has 0 spiro atoms. The molecule has 4 bridgehead atoms. The Morgan fingerprint density at radius 3 is 1.85 bits per heavy atom. The van der Waals surface area contributed by atoms with Crippen molar-refractivity contribution in [1.82, 2.24) is 45.4 Å². The number of ether oxygens (including phenoxy) is 2. The summed E-state index contributed by atoms with van der Waals surface area (Å²) in [5, 5.41) is 6.97. The number of pyridine rings is 1. The largest absolute Gasteiger partial charge is 0.483 e. The minimum absolute atomic E-state index is 0.0443. The van der Waals surface area contributed by atoms with Crippen molar-refractivity contribution in [3.63, 3.8) is 0 Å². The van der Waals surface area contributed by atoms with E-state index in [1.54, 1.807) is 13.3 Å². The first-order chi connectivity index (χ1) is 29.8. The van der Waals surface area contributed by atoms with Crippen LogP contribution in [0.4, 0.5) is 4.79 Å². The number of carbonyl (C=O) groups is 3. The molecule has 2 aliphatic carbocycles. The summed E-state index contributed by atoms with van der Waals surface area (Å²) in [6.45, 7) is 13.2. The Balaban J connectivity index is 0.966. The number of methoxy groups -OCH3 is 2. The van der Waals surface area contributed by atoms with E-state index in [1.165, 1.54) is 7.11 Å². The molecule has 324 valence electrons. The Morgan fingerprint density at radius 2 is 1.29 bits per heavy atom. The molecule has 4 fully saturated rings. The van der Waals surface area contributed by atoms with Crippen LogP contribution in [0.15, 0.2) is 79.6 Å². The molecule has 3 aromatic heterocycles.